The van der Waals surface area contributed by atoms with Gasteiger partial charge < -0.3 is 35.0 Å². The number of rotatable bonds is 7. The minimum Gasteiger partial charge on any atom is -0.493 e. The van der Waals surface area contributed by atoms with E-state index < -0.39 is 11.6 Å². The maximum atomic E-state index is 13.0. The molecule has 206 valence electrons. The van der Waals surface area contributed by atoms with Crippen molar-refractivity contribution < 1.29 is 23.7 Å². The van der Waals surface area contributed by atoms with Gasteiger partial charge in [0.2, 0.25) is 11.4 Å². The third-order valence-corrected chi connectivity index (χ3v) is 6.04. The normalized spacial score (nSPS) is 10.5. The summed E-state index contributed by atoms with van der Waals surface area (Å²) in [4.78, 5) is 32.8. The molecule has 11 heteroatoms. The minimum absolute atomic E-state index is 0.103. The number of anilines is 2. The molecular formula is C29H29N5O6. The fourth-order valence-electron chi connectivity index (χ4n) is 4.16. The lowest BCUT2D eigenvalue weighted by Gasteiger charge is -2.13. The first kappa shape index (κ1) is 27.8. The van der Waals surface area contributed by atoms with Crippen molar-refractivity contribution in [2.24, 2.45) is 0 Å². The molecule has 0 fully saturated rings. The first-order chi connectivity index (χ1) is 19.3. The van der Waals surface area contributed by atoms with Crippen LogP contribution < -0.4 is 31.1 Å². The van der Waals surface area contributed by atoms with Gasteiger partial charge in [-0.1, -0.05) is 11.8 Å². The molecule has 0 aliphatic rings. The summed E-state index contributed by atoms with van der Waals surface area (Å²) in [6.07, 6.45) is 2.58. The Balaban J connectivity index is 1.74. The molecule has 0 aliphatic carbocycles. The van der Waals surface area contributed by atoms with Crippen LogP contribution in [0, 0.1) is 11.8 Å². The van der Waals surface area contributed by atoms with E-state index in [9.17, 15) is 9.59 Å². The molecule has 2 heterocycles. The summed E-state index contributed by atoms with van der Waals surface area (Å²) in [5, 5.41) is 0.388. The topological polar surface area (TPSA) is 154 Å². The second kappa shape index (κ2) is 12.1. The maximum absolute atomic E-state index is 13.0. The molecule has 4 aromatic rings. The van der Waals surface area contributed by atoms with Gasteiger partial charge >= 0.3 is 6.16 Å². The molecule has 4 rings (SSSR count). The van der Waals surface area contributed by atoms with Crippen LogP contribution in [0.2, 0.25) is 0 Å². The molecule has 0 radical (unpaired) electrons. The highest BCUT2D eigenvalue weighted by Crippen LogP contribution is 2.33. The molecule has 0 unspecified atom stereocenters. The predicted molar refractivity (Wildman–Crippen MR) is 151 cm³/mol. The predicted octanol–water partition coefficient (Wildman–Crippen LogP) is 3.52. The lowest BCUT2D eigenvalue weighted by Crippen LogP contribution is -2.18. The van der Waals surface area contributed by atoms with Crippen molar-refractivity contribution in [3.05, 3.63) is 75.2 Å². The molecule has 0 atom stereocenters. The van der Waals surface area contributed by atoms with Gasteiger partial charge in [-0.3, -0.25) is 4.79 Å². The van der Waals surface area contributed by atoms with Crippen molar-refractivity contribution >= 4 is 28.8 Å². The third-order valence-electron chi connectivity index (χ3n) is 6.04. The molecule has 40 heavy (non-hydrogen) atoms. The Kier molecular flexibility index (Phi) is 8.39. The quantitative estimate of drug-likeness (QED) is 0.261. The number of aromatic nitrogens is 3. The number of hydrogen-bond acceptors (Lipinski definition) is 10. The Labute approximate surface area is 230 Å². The molecule has 0 saturated carbocycles. The SMILES string of the molecule is CCOC(=O)Oc1cn(CC)c2cc(C#Cc3cc(Cc4cnc(N)nc4N)cc(OC)c3OC)ccc2c1=O. The van der Waals surface area contributed by atoms with Crippen molar-refractivity contribution in [2.45, 2.75) is 26.8 Å². The number of hydrogen-bond donors (Lipinski definition) is 2. The van der Waals surface area contributed by atoms with E-state index in [4.69, 9.17) is 30.4 Å². The van der Waals surface area contributed by atoms with Crippen molar-refractivity contribution in [3.63, 3.8) is 0 Å². The van der Waals surface area contributed by atoms with Gasteiger partial charge in [0.15, 0.2) is 17.2 Å². The summed E-state index contributed by atoms with van der Waals surface area (Å²) in [7, 11) is 3.09. The number of ether oxygens (including phenoxy) is 4. The smallest absolute Gasteiger partial charge is 0.493 e. The number of nitrogens with zero attached hydrogens (tertiary/aromatic N) is 3. The summed E-state index contributed by atoms with van der Waals surface area (Å²) in [6.45, 7) is 4.23. The number of benzene rings is 2. The molecule has 2 aromatic heterocycles. The zero-order valence-corrected chi connectivity index (χ0v) is 22.6. The highest BCUT2D eigenvalue weighted by molar-refractivity contribution is 5.82. The van der Waals surface area contributed by atoms with Crippen LogP contribution in [0.4, 0.5) is 16.6 Å². The Bertz CT molecular complexity index is 1700. The van der Waals surface area contributed by atoms with E-state index in [0.29, 0.717) is 57.9 Å². The fraction of sp³-hybridized carbons (Fsp3) is 0.241. The fourth-order valence-corrected chi connectivity index (χ4v) is 4.16. The van der Waals surface area contributed by atoms with Crippen LogP contribution in [-0.2, 0) is 17.7 Å². The number of nitrogens with two attached hydrogens (primary N) is 2. The monoisotopic (exact) mass is 543 g/mol. The van der Waals surface area contributed by atoms with Gasteiger partial charge in [0.05, 0.1) is 38.1 Å². The largest absolute Gasteiger partial charge is 0.514 e. The molecule has 4 N–H and O–H groups in total. The molecular weight excluding hydrogens is 514 g/mol. The van der Waals surface area contributed by atoms with Crippen LogP contribution in [0.15, 0.2) is 47.5 Å². The second-order valence-corrected chi connectivity index (χ2v) is 8.57. The van der Waals surface area contributed by atoms with Crippen molar-refractivity contribution in [3.8, 4) is 29.1 Å². The minimum atomic E-state index is -0.928. The average Bonchev–Trinajstić information content (AvgIpc) is 2.94. The van der Waals surface area contributed by atoms with E-state index in [1.165, 1.54) is 6.20 Å². The van der Waals surface area contributed by atoms with Crippen molar-refractivity contribution in [1.29, 1.82) is 0 Å². The summed E-state index contributed by atoms with van der Waals surface area (Å²) < 4.78 is 22.9. The van der Waals surface area contributed by atoms with Gasteiger partial charge in [-0.15, -0.1) is 0 Å². The Morgan fingerprint density at radius 3 is 2.52 bits per heavy atom. The first-order valence-electron chi connectivity index (χ1n) is 12.4. The summed E-state index contributed by atoms with van der Waals surface area (Å²) in [5.74, 6) is 7.59. The molecule has 0 bridgehead atoms. The third kappa shape index (κ3) is 5.91. The number of methoxy groups -OCH3 is 2. The number of carbonyl (C=O) groups is 1. The average molecular weight is 544 g/mol. The lowest BCUT2D eigenvalue weighted by molar-refractivity contribution is 0.104. The van der Waals surface area contributed by atoms with Gasteiger partial charge in [-0.05, 0) is 49.7 Å². The van der Waals surface area contributed by atoms with Crippen LogP contribution in [0.1, 0.15) is 36.1 Å². The Morgan fingerprint density at radius 2 is 1.85 bits per heavy atom. The number of pyridine rings is 1. The number of nitrogen functional groups attached to an aromatic ring is 2. The summed E-state index contributed by atoms with van der Waals surface area (Å²) in [5.41, 5.74) is 14.7. The van der Waals surface area contributed by atoms with E-state index in [0.717, 1.165) is 5.56 Å². The zero-order chi connectivity index (χ0) is 28.8. The summed E-state index contributed by atoms with van der Waals surface area (Å²) in [6, 6.07) is 8.91. The maximum Gasteiger partial charge on any atom is 0.514 e. The van der Waals surface area contributed by atoms with Crippen LogP contribution in [-0.4, -0.2) is 41.5 Å². The zero-order valence-electron chi connectivity index (χ0n) is 22.6. The number of carbonyl (C=O) groups excluding carboxylic acids is 1. The standard InChI is InChI=1S/C29H29N5O6/c1-5-34-16-24(40-29(36)39-6-2)25(35)21-10-8-17(13-22(21)34)7-9-19-11-18(14-23(37-3)26(19)38-4)12-20-15-32-28(31)33-27(20)30/h8,10-11,13-16H,5-6,12H2,1-4H3,(H4,30,31,32,33). The van der Waals surface area contributed by atoms with E-state index in [1.807, 2.05) is 19.1 Å². The van der Waals surface area contributed by atoms with Gasteiger partial charge in [-0.25, -0.2) is 9.78 Å². The van der Waals surface area contributed by atoms with E-state index >= 15 is 0 Å². The van der Waals surface area contributed by atoms with Crippen LogP contribution in [0.3, 0.4) is 0 Å². The van der Waals surface area contributed by atoms with Crippen LogP contribution in [0.5, 0.6) is 17.2 Å². The van der Waals surface area contributed by atoms with Gasteiger partial charge in [0.25, 0.3) is 0 Å². The Morgan fingerprint density at radius 1 is 1.05 bits per heavy atom. The van der Waals surface area contributed by atoms with Gasteiger partial charge in [-0.2, -0.15) is 4.98 Å². The first-order valence-corrected chi connectivity index (χ1v) is 12.4. The van der Waals surface area contributed by atoms with Gasteiger partial charge in [0.1, 0.15) is 5.82 Å². The van der Waals surface area contributed by atoms with Crippen molar-refractivity contribution in [2.75, 3.05) is 32.3 Å². The molecule has 0 aliphatic heterocycles. The van der Waals surface area contributed by atoms with E-state index in [1.54, 1.807) is 50.1 Å². The highest BCUT2D eigenvalue weighted by Gasteiger charge is 2.15. The molecule has 0 amide bonds. The molecule has 11 nitrogen and oxygen atoms in total. The van der Waals surface area contributed by atoms with Crippen LogP contribution >= 0.6 is 0 Å². The highest BCUT2D eigenvalue weighted by atomic mass is 16.7. The molecule has 2 aromatic carbocycles. The van der Waals surface area contributed by atoms with Crippen molar-refractivity contribution in [1.82, 2.24) is 14.5 Å². The lowest BCUT2D eigenvalue weighted by atomic mass is 10.0. The molecule has 0 saturated heterocycles. The molecule has 0 spiro atoms. The Hall–Kier alpha value is -5.24. The van der Waals surface area contributed by atoms with E-state index in [2.05, 4.69) is 21.8 Å². The number of fused-ring (bicyclic) bond motifs is 1. The van der Waals surface area contributed by atoms with Gasteiger partial charge in [0, 0.05) is 35.7 Å². The van der Waals surface area contributed by atoms with E-state index in [-0.39, 0.29) is 18.3 Å². The number of aryl methyl sites for hydroxylation is 1. The summed E-state index contributed by atoms with van der Waals surface area (Å²) >= 11 is 0. The van der Waals surface area contributed by atoms with Crippen LogP contribution in [0.25, 0.3) is 10.9 Å². The second-order valence-electron chi connectivity index (χ2n) is 8.57.